The molecule has 1 saturated heterocycles. The topological polar surface area (TPSA) is 44.5 Å². The first-order valence-corrected chi connectivity index (χ1v) is 10.5. The minimum absolute atomic E-state index is 0.141. The zero-order valence-electron chi connectivity index (χ0n) is 15.7. The minimum Gasteiger partial charge on any atom is -0.396 e. The number of nitrogens with zero attached hydrogens (tertiary/aromatic N) is 4. The maximum Gasteiger partial charge on any atom is 0.193 e. The van der Waals surface area contributed by atoms with E-state index in [0.29, 0.717) is 13.0 Å². The third-order valence-corrected chi connectivity index (χ3v) is 6.10. The Balaban J connectivity index is 1.44. The average Bonchev–Trinajstić information content (AvgIpc) is 3.37. The lowest BCUT2D eigenvalue weighted by molar-refractivity contribution is 0.0485. The molecular weight excluding hydrogens is 375 g/mol. The molecule has 0 radical (unpaired) electrons. The van der Waals surface area contributed by atoms with Gasteiger partial charge in [-0.15, -0.1) is 11.3 Å². The summed E-state index contributed by atoms with van der Waals surface area (Å²) in [7, 11) is 0. The van der Waals surface area contributed by atoms with Crippen molar-refractivity contribution < 1.29 is 9.50 Å². The zero-order chi connectivity index (χ0) is 19.3. The van der Waals surface area contributed by atoms with Gasteiger partial charge in [0.2, 0.25) is 0 Å². The van der Waals surface area contributed by atoms with Crippen LogP contribution in [-0.2, 0) is 13.1 Å². The molecule has 1 aromatic carbocycles. The van der Waals surface area contributed by atoms with E-state index >= 15 is 0 Å². The number of aromatic nitrogens is 2. The van der Waals surface area contributed by atoms with Crippen molar-refractivity contribution in [1.29, 1.82) is 0 Å². The van der Waals surface area contributed by atoms with Crippen LogP contribution in [0.15, 0.2) is 54.2 Å². The van der Waals surface area contributed by atoms with Crippen molar-refractivity contribution in [3.8, 4) is 5.13 Å². The number of aliphatic hydroxyl groups excluding tert-OH is 1. The van der Waals surface area contributed by atoms with Crippen molar-refractivity contribution in [2.75, 3.05) is 26.2 Å². The Morgan fingerprint density at radius 2 is 2.04 bits per heavy atom. The van der Waals surface area contributed by atoms with Crippen LogP contribution in [0.1, 0.15) is 17.7 Å². The molecule has 0 amide bonds. The Hall–Kier alpha value is -2.06. The number of benzene rings is 1. The van der Waals surface area contributed by atoms with E-state index in [1.807, 2.05) is 29.9 Å². The number of rotatable bonds is 7. The van der Waals surface area contributed by atoms with E-state index in [0.717, 1.165) is 36.9 Å². The second-order valence-corrected chi connectivity index (χ2v) is 8.02. The molecule has 5 nitrogen and oxygen atoms in total. The van der Waals surface area contributed by atoms with Gasteiger partial charge >= 0.3 is 0 Å². The van der Waals surface area contributed by atoms with E-state index in [1.165, 1.54) is 11.8 Å². The largest absolute Gasteiger partial charge is 0.396 e. The van der Waals surface area contributed by atoms with Gasteiger partial charge in [0.15, 0.2) is 5.13 Å². The van der Waals surface area contributed by atoms with E-state index in [2.05, 4.69) is 31.5 Å². The van der Waals surface area contributed by atoms with Crippen molar-refractivity contribution in [3.05, 3.63) is 71.2 Å². The molecule has 1 aliphatic rings. The summed E-state index contributed by atoms with van der Waals surface area (Å²) >= 11 is 1.63. The number of thiazole rings is 1. The maximum absolute atomic E-state index is 14.1. The van der Waals surface area contributed by atoms with E-state index in [4.69, 9.17) is 0 Å². The predicted octanol–water partition coefficient (Wildman–Crippen LogP) is 3.14. The summed E-state index contributed by atoms with van der Waals surface area (Å²) in [5.41, 5.74) is 1.93. The van der Waals surface area contributed by atoms with Crippen molar-refractivity contribution in [3.63, 3.8) is 0 Å². The molecule has 1 fully saturated rings. The number of aliphatic hydroxyl groups is 1. The number of hydrogen-bond donors (Lipinski definition) is 1. The van der Waals surface area contributed by atoms with Gasteiger partial charge in [0.1, 0.15) is 5.82 Å². The van der Waals surface area contributed by atoms with Crippen LogP contribution in [0.4, 0.5) is 4.39 Å². The van der Waals surface area contributed by atoms with Gasteiger partial charge in [0, 0.05) is 74.4 Å². The molecule has 0 unspecified atom stereocenters. The fraction of sp³-hybridized carbons (Fsp3) is 0.381. The maximum atomic E-state index is 14.1. The second-order valence-electron chi connectivity index (χ2n) is 7.15. The fourth-order valence-electron chi connectivity index (χ4n) is 3.87. The van der Waals surface area contributed by atoms with E-state index in [-0.39, 0.29) is 18.5 Å². The minimum atomic E-state index is -0.158. The number of piperazine rings is 1. The van der Waals surface area contributed by atoms with Gasteiger partial charge in [0.25, 0.3) is 0 Å². The highest BCUT2D eigenvalue weighted by Crippen LogP contribution is 2.21. The van der Waals surface area contributed by atoms with Crippen LogP contribution in [0.25, 0.3) is 5.13 Å². The van der Waals surface area contributed by atoms with Crippen LogP contribution in [0.5, 0.6) is 0 Å². The van der Waals surface area contributed by atoms with E-state index in [9.17, 15) is 9.50 Å². The van der Waals surface area contributed by atoms with E-state index < -0.39 is 0 Å². The molecule has 3 heterocycles. The SMILES string of the molecule is OCC[C@H]1CN(Cc2cccn2-c2nccs2)CCN1Cc1ccccc1F. The molecule has 3 aromatic rings. The lowest BCUT2D eigenvalue weighted by atomic mass is 10.1. The first kappa shape index (κ1) is 19.3. The Morgan fingerprint density at radius 3 is 2.82 bits per heavy atom. The van der Waals surface area contributed by atoms with Crippen molar-refractivity contribution >= 4 is 11.3 Å². The van der Waals surface area contributed by atoms with E-state index in [1.54, 1.807) is 17.4 Å². The molecule has 0 saturated carbocycles. The molecule has 7 heteroatoms. The molecule has 0 aliphatic carbocycles. The Morgan fingerprint density at radius 1 is 1.14 bits per heavy atom. The first-order chi connectivity index (χ1) is 13.7. The van der Waals surface area contributed by atoms with Crippen LogP contribution in [-0.4, -0.2) is 56.7 Å². The number of halogens is 1. The third-order valence-electron chi connectivity index (χ3n) is 5.33. The Kier molecular flexibility index (Phi) is 6.17. The summed E-state index contributed by atoms with van der Waals surface area (Å²) in [4.78, 5) is 9.12. The Bertz CT molecular complexity index is 882. The summed E-state index contributed by atoms with van der Waals surface area (Å²) in [6.45, 7) is 4.19. The van der Waals surface area contributed by atoms with Crippen LogP contribution >= 0.6 is 11.3 Å². The monoisotopic (exact) mass is 400 g/mol. The summed E-state index contributed by atoms with van der Waals surface area (Å²) in [6, 6.07) is 11.4. The summed E-state index contributed by atoms with van der Waals surface area (Å²) in [6.07, 6.45) is 4.56. The summed E-state index contributed by atoms with van der Waals surface area (Å²) in [5.74, 6) is -0.158. The normalized spacial score (nSPS) is 18.6. The van der Waals surface area contributed by atoms with Gasteiger partial charge < -0.3 is 5.11 Å². The van der Waals surface area contributed by atoms with Crippen molar-refractivity contribution in [1.82, 2.24) is 19.4 Å². The van der Waals surface area contributed by atoms with Gasteiger partial charge in [-0.2, -0.15) is 0 Å². The van der Waals surface area contributed by atoms with Crippen LogP contribution in [0.3, 0.4) is 0 Å². The predicted molar refractivity (Wildman–Crippen MR) is 109 cm³/mol. The molecule has 28 heavy (non-hydrogen) atoms. The van der Waals surface area contributed by atoms with Crippen LogP contribution < -0.4 is 0 Å². The van der Waals surface area contributed by atoms with Gasteiger partial charge in [0.05, 0.1) is 0 Å². The standard InChI is InChI=1S/C21H25FN4OS/c22-20-6-2-1-4-17(20)14-25-11-10-24(15-18(25)7-12-27)16-19-5-3-9-26(19)21-23-8-13-28-21/h1-6,8-9,13,18,27H,7,10-12,14-16H2/t18-/m0/s1. The van der Waals surface area contributed by atoms with Crippen molar-refractivity contribution in [2.45, 2.75) is 25.6 Å². The fourth-order valence-corrected chi connectivity index (χ4v) is 4.53. The highest BCUT2D eigenvalue weighted by Gasteiger charge is 2.27. The average molecular weight is 401 g/mol. The van der Waals surface area contributed by atoms with Gasteiger partial charge in [-0.05, 0) is 24.6 Å². The second kappa shape index (κ2) is 8.96. The highest BCUT2D eigenvalue weighted by atomic mass is 32.1. The molecule has 1 N–H and O–H groups in total. The molecule has 0 bridgehead atoms. The van der Waals surface area contributed by atoms with Crippen molar-refractivity contribution in [2.24, 2.45) is 0 Å². The van der Waals surface area contributed by atoms with Crippen LogP contribution in [0, 0.1) is 5.82 Å². The molecular formula is C21H25FN4OS. The van der Waals surface area contributed by atoms with Gasteiger partial charge in [-0.3, -0.25) is 14.4 Å². The summed E-state index contributed by atoms with van der Waals surface area (Å²) < 4.78 is 16.2. The van der Waals surface area contributed by atoms with Crippen LogP contribution in [0.2, 0.25) is 0 Å². The number of hydrogen-bond acceptors (Lipinski definition) is 5. The molecule has 1 atom stereocenters. The molecule has 148 valence electrons. The molecule has 0 spiro atoms. The lowest BCUT2D eigenvalue weighted by Crippen LogP contribution is -2.52. The first-order valence-electron chi connectivity index (χ1n) is 9.61. The highest BCUT2D eigenvalue weighted by molar-refractivity contribution is 7.12. The Labute approximate surface area is 168 Å². The lowest BCUT2D eigenvalue weighted by Gasteiger charge is -2.41. The zero-order valence-corrected chi connectivity index (χ0v) is 16.6. The van der Waals surface area contributed by atoms with Gasteiger partial charge in [-0.25, -0.2) is 9.37 Å². The molecule has 4 rings (SSSR count). The molecule has 2 aromatic heterocycles. The van der Waals surface area contributed by atoms with Gasteiger partial charge in [-0.1, -0.05) is 18.2 Å². The molecule has 1 aliphatic heterocycles. The summed E-state index contributed by atoms with van der Waals surface area (Å²) in [5, 5.41) is 12.5. The smallest absolute Gasteiger partial charge is 0.193 e. The third kappa shape index (κ3) is 4.33. The quantitative estimate of drug-likeness (QED) is 0.662.